The summed E-state index contributed by atoms with van der Waals surface area (Å²) in [5.74, 6) is -1.93. The van der Waals surface area contributed by atoms with Gasteiger partial charge < -0.3 is 19.7 Å². The Labute approximate surface area is 168 Å². The Balaban J connectivity index is 1.71. The van der Waals surface area contributed by atoms with E-state index >= 15 is 0 Å². The quantitative estimate of drug-likeness (QED) is 0.586. The van der Waals surface area contributed by atoms with E-state index in [1.54, 1.807) is 24.3 Å². The zero-order chi connectivity index (χ0) is 20.8. The zero-order valence-electron chi connectivity index (χ0n) is 16.1. The minimum atomic E-state index is -1.16. The van der Waals surface area contributed by atoms with Crippen LogP contribution in [0.15, 0.2) is 24.3 Å². The molecule has 2 aliphatic rings. The molecule has 1 aromatic rings. The number of anilines is 1. The third-order valence-corrected chi connectivity index (χ3v) is 5.32. The number of nitrogens with zero attached hydrogens (tertiary/aromatic N) is 1. The minimum absolute atomic E-state index is 0.0764. The fourth-order valence-electron chi connectivity index (χ4n) is 3.73. The molecule has 2 heterocycles. The number of fused-ring (bicyclic) bond motifs is 1. The van der Waals surface area contributed by atoms with E-state index in [0.29, 0.717) is 43.4 Å². The number of hydrogen-bond donors (Lipinski definition) is 3. The Morgan fingerprint density at radius 1 is 1.21 bits per heavy atom. The molecule has 0 bridgehead atoms. The summed E-state index contributed by atoms with van der Waals surface area (Å²) in [6.07, 6.45) is 2.89. The molecule has 1 aromatic carbocycles. The first-order valence-electron chi connectivity index (χ1n) is 9.77. The molecule has 0 aliphatic carbocycles. The molecule has 158 valence electrons. The van der Waals surface area contributed by atoms with Gasteiger partial charge in [0.2, 0.25) is 5.91 Å². The minimum Gasteiger partial charge on any atom is -0.489 e. The van der Waals surface area contributed by atoms with Crippen LogP contribution in [0.25, 0.3) is 0 Å². The Kier molecular flexibility index (Phi) is 7.05. The molecule has 29 heavy (non-hydrogen) atoms. The number of carboxylic acids is 2. The third-order valence-electron chi connectivity index (χ3n) is 5.32. The molecule has 9 heteroatoms. The molecule has 2 aliphatic heterocycles. The lowest BCUT2D eigenvalue weighted by Gasteiger charge is -2.27. The van der Waals surface area contributed by atoms with Gasteiger partial charge >= 0.3 is 11.9 Å². The highest BCUT2D eigenvalue weighted by Gasteiger charge is 2.35. The fraction of sp³-hybridized carbons (Fsp3) is 0.550. The number of carboxylic acid groups (broad SMARTS) is 2. The molecule has 3 N–H and O–H groups in total. The van der Waals surface area contributed by atoms with Gasteiger partial charge in [-0.15, -0.1) is 0 Å². The van der Waals surface area contributed by atoms with E-state index in [-0.39, 0.29) is 6.61 Å². The molecule has 0 aromatic heterocycles. The highest BCUT2D eigenvalue weighted by molar-refractivity contribution is 6.02. The molecule has 9 nitrogen and oxygen atoms in total. The summed E-state index contributed by atoms with van der Waals surface area (Å²) in [7, 11) is 0. The summed E-state index contributed by atoms with van der Waals surface area (Å²) in [5, 5.41) is 21.7. The Morgan fingerprint density at radius 2 is 1.93 bits per heavy atom. The summed E-state index contributed by atoms with van der Waals surface area (Å²) in [4.78, 5) is 37.2. The van der Waals surface area contributed by atoms with E-state index < -0.39 is 36.5 Å². The molecule has 1 amide bonds. The van der Waals surface area contributed by atoms with E-state index in [9.17, 15) is 24.6 Å². The number of rotatable bonds is 8. The molecule has 0 spiro atoms. The average molecular weight is 406 g/mol. The van der Waals surface area contributed by atoms with Crippen molar-refractivity contribution < 1.29 is 34.1 Å². The van der Waals surface area contributed by atoms with Gasteiger partial charge in [-0.1, -0.05) is 12.1 Å². The summed E-state index contributed by atoms with van der Waals surface area (Å²) in [5.41, 5.74) is 0.360. The molecule has 1 unspecified atom stereocenters. The van der Waals surface area contributed by atoms with Gasteiger partial charge in [0.05, 0.1) is 5.69 Å². The standard InChI is InChI=1S/C20H26N2O7/c23-18(24)11-22-16-3-1-2-4-17(16)29-12-15(19(22)25)21-14(20(26)27)6-5-13-7-9-28-10-8-13/h1-4,13-15,21H,5-12H2,(H,23,24)(H,26,27)/t14?,15-/m0/s1. The highest BCUT2D eigenvalue weighted by atomic mass is 16.5. The lowest BCUT2D eigenvalue weighted by atomic mass is 9.92. The van der Waals surface area contributed by atoms with Crippen LogP contribution < -0.4 is 15.0 Å². The van der Waals surface area contributed by atoms with Crippen LogP contribution in [0.4, 0.5) is 5.69 Å². The third kappa shape index (κ3) is 5.45. The second kappa shape index (κ2) is 9.71. The number of carbonyl (C=O) groups excluding carboxylic acids is 1. The van der Waals surface area contributed by atoms with Crippen LogP contribution in [0.3, 0.4) is 0 Å². The zero-order valence-corrected chi connectivity index (χ0v) is 16.1. The second-order valence-corrected chi connectivity index (χ2v) is 7.34. The maximum atomic E-state index is 13.0. The lowest BCUT2D eigenvalue weighted by molar-refractivity contribution is -0.141. The number of nitrogens with one attached hydrogen (secondary N) is 1. The van der Waals surface area contributed by atoms with Crippen molar-refractivity contribution in [1.29, 1.82) is 0 Å². The van der Waals surface area contributed by atoms with Crippen molar-refractivity contribution in [2.75, 3.05) is 31.3 Å². The van der Waals surface area contributed by atoms with Crippen LogP contribution in [0.1, 0.15) is 25.7 Å². The predicted octanol–water partition coefficient (Wildman–Crippen LogP) is 1.11. The van der Waals surface area contributed by atoms with Crippen molar-refractivity contribution >= 4 is 23.5 Å². The van der Waals surface area contributed by atoms with Crippen molar-refractivity contribution in [3.05, 3.63) is 24.3 Å². The summed E-state index contributed by atoms with van der Waals surface area (Å²) in [6.45, 7) is 0.768. The maximum Gasteiger partial charge on any atom is 0.323 e. The second-order valence-electron chi connectivity index (χ2n) is 7.34. The number of carbonyl (C=O) groups is 3. The molecule has 3 rings (SSSR count). The van der Waals surface area contributed by atoms with Gasteiger partial charge in [-0.2, -0.15) is 0 Å². The molecule has 0 saturated carbocycles. The van der Waals surface area contributed by atoms with Crippen molar-refractivity contribution in [2.24, 2.45) is 5.92 Å². The van der Waals surface area contributed by atoms with Crippen LogP contribution in [0, 0.1) is 5.92 Å². The lowest BCUT2D eigenvalue weighted by Crippen LogP contribution is -2.54. The van der Waals surface area contributed by atoms with Gasteiger partial charge in [0.1, 0.15) is 31.0 Å². The SMILES string of the molecule is O=C(O)CN1C(=O)[C@@H](NC(CCC2CCOCC2)C(=O)O)COc2ccccc21. The number of para-hydroxylation sites is 2. The number of benzene rings is 1. The predicted molar refractivity (Wildman–Crippen MR) is 103 cm³/mol. The van der Waals surface area contributed by atoms with E-state index in [2.05, 4.69) is 5.32 Å². The first-order valence-corrected chi connectivity index (χ1v) is 9.77. The van der Waals surface area contributed by atoms with Crippen LogP contribution in [-0.4, -0.2) is 66.5 Å². The van der Waals surface area contributed by atoms with Crippen LogP contribution in [0.5, 0.6) is 5.75 Å². The number of aliphatic carboxylic acids is 2. The fourth-order valence-corrected chi connectivity index (χ4v) is 3.73. The van der Waals surface area contributed by atoms with Crippen LogP contribution in [-0.2, 0) is 19.1 Å². The van der Waals surface area contributed by atoms with Crippen LogP contribution in [0.2, 0.25) is 0 Å². The van der Waals surface area contributed by atoms with E-state index in [0.717, 1.165) is 17.7 Å². The van der Waals surface area contributed by atoms with Gasteiger partial charge in [0, 0.05) is 13.2 Å². The van der Waals surface area contributed by atoms with Crippen molar-refractivity contribution in [1.82, 2.24) is 5.32 Å². The van der Waals surface area contributed by atoms with Gasteiger partial charge in [-0.25, -0.2) is 0 Å². The average Bonchev–Trinajstić information content (AvgIpc) is 2.83. The molecule has 0 radical (unpaired) electrons. The highest BCUT2D eigenvalue weighted by Crippen LogP contribution is 2.31. The van der Waals surface area contributed by atoms with E-state index in [4.69, 9.17) is 9.47 Å². The van der Waals surface area contributed by atoms with Crippen molar-refractivity contribution in [3.63, 3.8) is 0 Å². The molecule has 1 fully saturated rings. The molecule has 2 atom stereocenters. The molecular formula is C20H26N2O7. The van der Waals surface area contributed by atoms with E-state index in [1.807, 2.05) is 0 Å². The van der Waals surface area contributed by atoms with Crippen molar-refractivity contribution in [3.8, 4) is 5.75 Å². The van der Waals surface area contributed by atoms with Crippen molar-refractivity contribution in [2.45, 2.75) is 37.8 Å². The van der Waals surface area contributed by atoms with Gasteiger partial charge in [0.25, 0.3) is 0 Å². The smallest absolute Gasteiger partial charge is 0.323 e. The van der Waals surface area contributed by atoms with E-state index in [1.165, 1.54) is 0 Å². The normalized spacial score (nSPS) is 21.0. The number of hydrogen-bond acceptors (Lipinski definition) is 6. The first kappa shape index (κ1) is 21.1. The van der Waals surface area contributed by atoms with Gasteiger partial charge in [-0.3, -0.25) is 24.6 Å². The summed E-state index contributed by atoms with van der Waals surface area (Å²) < 4.78 is 11.0. The Bertz CT molecular complexity index is 748. The molecular weight excluding hydrogens is 380 g/mol. The largest absolute Gasteiger partial charge is 0.489 e. The number of amides is 1. The van der Waals surface area contributed by atoms with Gasteiger partial charge in [0.15, 0.2) is 0 Å². The summed E-state index contributed by atoms with van der Waals surface area (Å²) >= 11 is 0. The van der Waals surface area contributed by atoms with Crippen LogP contribution >= 0.6 is 0 Å². The van der Waals surface area contributed by atoms with Gasteiger partial charge in [-0.05, 0) is 43.7 Å². The summed E-state index contributed by atoms with van der Waals surface area (Å²) in [6, 6.07) is 4.79. The monoisotopic (exact) mass is 406 g/mol. The Morgan fingerprint density at radius 3 is 2.62 bits per heavy atom. The molecule has 1 saturated heterocycles. The topological polar surface area (TPSA) is 125 Å². The first-order chi connectivity index (χ1) is 14.0. The maximum absolute atomic E-state index is 13.0. The number of ether oxygens (including phenoxy) is 2. The Hall–Kier alpha value is -2.65.